The van der Waals surface area contributed by atoms with Crippen molar-refractivity contribution in [3.8, 4) is 16.9 Å². The fourth-order valence-corrected chi connectivity index (χ4v) is 7.35. The number of ether oxygens (including phenoxy) is 2. The molecule has 0 aliphatic carbocycles. The van der Waals surface area contributed by atoms with Gasteiger partial charge in [0.2, 0.25) is 11.8 Å². The van der Waals surface area contributed by atoms with E-state index < -0.39 is 12.4 Å². The summed E-state index contributed by atoms with van der Waals surface area (Å²) < 4.78 is 13.2. The number of nitrogens with zero attached hydrogens (tertiary/aromatic N) is 1. The lowest BCUT2D eigenvalue weighted by Crippen LogP contribution is -2.39. The molecular weight excluding hydrogens is 745 g/mol. The summed E-state index contributed by atoms with van der Waals surface area (Å²) in [6, 6.07) is 37.9. The van der Waals surface area contributed by atoms with E-state index in [1.54, 1.807) is 36.4 Å². The molecule has 11 nitrogen and oxygen atoms in total. The van der Waals surface area contributed by atoms with Gasteiger partial charge < -0.3 is 46.1 Å². The fraction of sp³-hybridized carbons (Fsp3) is 0.333. The Labute approximate surface area is 346 Å². The van der Waals surface area contributed by atoms with Gasteiger partial charge >= 0.3 is 0 Å². The normalized spacial score (nSPS) is 17.1. The Morgan fingerprint density at radius 1 is 0.780 bits per heavy atom. The van der Waals surface area contributed by atoms with E-state index in [-0.39, 0.29) is 36.4 Å². The van der Waals surface area contributed by atoms with Crippen LogP contribution in [0.2, 0.25) is 0 Å². The Bertz CT molecular complexity index is 2130. The number of aliphatic hydroxyl groups excluding tert-OH is 2. The smallest absolute Gasteiger partial charge is 0.224 e. The lowest BCUT2D eigenvalue weighted by atomic mass is 9.98. The summed E-state index contributed by atoms with van der Waals surface area (Å²) in [5.41, 5.74) is 13.4. The van der Waals surface area contributed by atoms with Crippen molar-refractivity contribution in [1.82, 2.24) is 10.2 Å². The van der Waals surface area contributed by atoms with Crippen LogP contribution in [0.4, 0.5) is 11.4 Å². The summed E-state index contributed by atoms with van der Waals surface area (Å²) >= 11 is 0. The van der Waals surface area contributed by atoms with Crippen LogP contribution in [0.25, 0.3) is 11.1 Å². The van der Waals surface area contributed by atoms with E-state index in [1.807, 2.05) is 84.7 Å². The van der Waals surface area contributed by atoms with Crippen molar-refractivity contribution in [2.24, 2.45) is 0 Å². The lowest BCUT2D eigenvalue weighted by Gasteiger charge is -2.38. The Morgan fingerprint density at radius 3 is 2.24 bits per heavy atom. The van der Waals surface area contributed by atoms with Crippen LogP contribution >= 0.6 is 0 Å². The van der Waals surface area contributed by atoms with Crippen molar-refractivity contribution < 1.29 is 34.4 Å². The number of phenolic OH excluding ortho intramolecular Hbond substituents is 1. The molecule has 11 heteroatoms. The number of nitrogens with one attached hydrogen (secondary N) is 2. The van der Waals surface area contributed by atoms with Crippen molar-refractivity contribution in [2.75, 3.05) is 31.2 Å². The van der Waals surface area contributed by atoms with E-state index in [4.69, 9.17) is 15.2 Å². The molecule has 2 amide bonds. The monoisotopic (exact) mass is 800 g/mol. The van der Waals surface area contributed by atoms with Gasteiger partial charge in [-0.3, -0.25) is 9.59 Å². The number of likely N-dealkylation sites (N-methyl/N-ethyl adjacent to an activating group) is 1. The van der Waals surface area contributed by atoms with Gasteiger partial charge in [0.15, 0.2) is 6.29 Å². The number of anilines is 2. The van der Waals surface area contributed by atoms with Gasteiger partial charge in [0.25, 0.3) is 0 Å². The van der Waals surface area contributed by atoms with Gasteiger partial charge in [-0.1, -0.05) is 97.8 Å². The van der Waals surface area contributed by atoms with Crippen molar-refractivity contribution in [2.45, 2.75) is 82.7 Å². The third-order valence-electron chi connectivity index (χ3n) is 10.6. The molecule has 0 radical (unpaired) electrons. The average molecular weight is 801 g/mol. The van der Waals surface area contributed by atoms with Gasteiger partial charge in [-0.2, -0.15) is 0 Å². The van der Waals surface area contributed by atoms with Crippen molar-refractivity contribution in [1.29, 1.82) is 0 Å². The Kier molecular flexibility index (Phi) is 15.6. The van der Waals surface area contributed by atoms with E-state index in [1.165, 1.54) is 0 Å². The van der Waals surface area contributed by atoms with Crippen LogP contribution in [0.1, 0.15) is 91.3 Å². The van der Waals surface area contributed by atoms with E-state index in [0.29, 0.717) is 55.8 Å². The van der Waals surface area contributed by atoms with E-state index in [9.17, 15) is 24.9 Å². The molecule has 1 saturated heterocycles. The molecule has 0 saturated carbocycles. The average Bonchev–Trinajstić information content (AvgIpc) is 3.25. The van der Waals surface area contributed by atoms with Gasteiger partial charge in [-0.05, 0) is 89.7 Å². The zero-order valence-corrected chi connectivity index (χ0v) is 33.6. The number of amides is 2. The van der Waals surface area contributed by atoms with Gasteiger partial charge in [0, 0.05) is 44.5 Å². The van der Waals surface area contributed by atoms with Gasteiger partial charge in [-0.25, -0.2) is 0 Å². The standard InChI is InChI=1S/C48H56N4O7/c1-52(31-44(55)38-14-10-16-40(54)27-38)30-41-28-45(35-23-21-33(32-53)22-24-35)59-48(58-41)39-15-9-13-37(26-39)36-12-8-11-34(25-36)29-50-46(56)19-4-2-3-5-20-47(57)51-43-18-7-6-17-42(43)49/h6-18,21-27,41,44-45,48,53-55H,2-5,19-20,28-32,49H2,1H3,(H,50,56)(H,51,57). The quantitative estimate of drug-likeness (QED) is 0.0359. The molecule has 59 heavy (non-hydrogen) atoms. The molecule has 4 unspecified atom stereocenters. The molecule has 1 aliphatic rings. The van der Waals surface area contributed by atoms with Crippen molar-refractivity contribution >= 4 is 23.2 Å². The Hall–Kier alpha value is -5.56. The predicted octanol–water partition coefficient (Wildman–Crippen LogP) is 7.94. The number of carbonyl (C=O) groups is 2. The van der Waals surface area contributed by atoms with Crippen LogP contribution in [-0.2, 0) is 32.2 Å². The number of unbranched alkanes of at least 4 members (excludes halogenated alkanes) is 3. The summed E-state index contributed by atoms with van der Waals surface area (Å²) in [7, 11) is 1.94. The zero-order chi connectivity index (χ0) is 41.6. The molecule has 1 heterocycles. The summed E-state index contributed by atoms with van der Waals surface area (Å²) in [6.07, 6.45) is 2.74. The number of hydrogen-bond donors (Lipinski definition) is 6. The highest BCUT2D eigenvalue weighted by Crippen LogP contribution is 2.39. The molecule has 0 aromatic heterocycles. The number of nitrogen functional groups attached to an aromatic ring is 1. The summed E-state index contributed by atoms with van der Waals surface area (Å²) in [6.45, 7) is 1.27. The van der Waals surface area contributed by atoms with Crippen LogP contribution in [0, 0.1) is 0 Å². The van der Waals surface area contributed by atoms with Gasteiger partial charge in [-0.15, -0.1) is 0 Å². The van der Waals surface area contributed by atoms with E-state index >= 15 is 0 Å². The maximum Gasteiger partial charge on any atom is 0.224 e. The number of nitrogens with two attached hydrogens (primary N) is 1. The molecule has 1 fully saturated rings. The molecule has 1 aliphatic heterocycles. The van der Waals surface area contributed by atoms with Crippen LogP contribution in [-0.4, -0.2) is 58.3 Å². The first-order valence-corrected chi connectivity index (χ1v) is 20.4. The lowest BCUT2D eigenvalue weighted by molar-refractivity contribution is -0.252. The number of rotatable bonds is 19. The number of aliphatic hydroxyl groups is 2. The fourth-order valence-electron chi connectivity index (χ4n) is 7.35. The SMILES string of the molecule is CN(CC1CC(c2ccc(CO)cc2)OC(c2cccc(-c3cccc(CNC(=O)CCCCCCC(=O)Nc4ccccc4N)c3)c2)O1)CC(O)c1cccc(O)c1. The number of carbonyl (C=O) groups excluding carboxylic acids is 2. The second-order valence-electron chi connectivity index (χ2n) is 15.3. The molecule has 0 spiro atoms. The third-order valence-corrected chi connectivity index (χ3v) is 10.6. The van der Waals surface area contributed by atoms with Crippen LogP contribution in [0.3, 0.4) is 0 Å². The van der Waals surface area contributed by atoms with Crippen LogP contribution in [0.15, 0.2) is 121 Å². The van der Waals surface area contributed by atoms with Crippen molar-refractivity contribution in [3.05, 3.63) is 149 Å². The molecule has 4 atom stereocenters. The van der Waals surface area contributed by atoms with Gasteiger partial charge in [0.05, 0.1) is 36.3 Å². The largest absolute Gasteiger partial charge is 0.508 e. The first-order chi connectivity index (χ1) is 28.6. The minimum atomic E-state index is -0.783. The summed E-state index contributed by atoms with van der Waals surface area (Å²) in [5.74, 6) is 0.0474. The second kappa shape index (κ2) is 21.4. The molecule has 0 bridgehead atoms. The Morgan fingerprint density at radius 2 is 1.49 bits per heavy atom. The first kappa shape index (κ1) is 43.0. The first-order valence-electron chi connectivity index (χ1n) is 20.4. The number of benzene rings is 5. The highest BCUT2D eigenvalue weighted by molar-refractivity contribution is 5.93. The molecule has 7 N–H and O–H groups in total. The molecule has 310 valence electrons. The highest BCUT2D eigenvalue weighted by atomic mass is 16.7. The molecular formula is C48H56N4O7. The second-order valence-corrected chi connectivity index (χ2v) is 15.3. The zero-order valence-electron chi connectivity index (χ0n) is 33.6. The minimum absolute atomic E-state index is 0.00378. The molecule has 6 rings (SSSR count). The minimum Gasteiger partial charge on any atom is -0.508 e. The third kappa shape index (κ3) is 13.0. The Balaban J connectivity index is 1.02. The topological polar surface area (TPSA) is 167 Å². The summed E-state index contributed by atoms with van der Waals surface area (Å²) in [5, 5.41) is 36.3. The number of aromatic hydroxyl groups is 1. The number of para-hydroxylation sites is 2. The van der Waals surface area contributed by atoms with E-state index in [0.717, 1.165) is 59.1 Å². The van der Waals surface area contributed by atoms with Crippen LogP contribution in [0.5, 0.6) is 5.75 Å². The number of phenols is 1. The summed E-state index contributed by atoms with van der Waals surface area (Å²) in [4.78, 5) is 27.0. The van der Waals surface area contributed by atoms with E-state index in [2.05, 4.69) is 22.8 Å². The highest BCUT2D eigenvalue weighted by Gasteiger charge is 2.33. The maximum atomic E-state index is 12.7. The van der Waals surface area contributed by atoms with Gasteiger partial charge in [0.1, 0.15) is 5.75 Å². The maximum absolute atomic E-state index is 12.7. The molecule has 5 aromatic rings. The molecule has 5 aromatic carbocycles. The predicted molar refractivity (Wildman–Crippen MR) is 230 cm³/mol. The van der Waals surface area contributed by atoms with Crippen LogP contribution < -0.4 is 16.4 Å². The van der Waals surface area contributed by atoms with Crippen molar-refractivity contribution in [3.63, 3.8) is 0 Å². The number of hydrogen-bond acceptors (Lipinski definition) is 9.